The number of benzene rings is 1. The summed E-state index contributed by atoms with van der Waals surface area (Å²) in [5.74, 6) is 2.36. The number of likely N-dealkylation sites (N-methyl/N-ethyl adjacent to an activating group) is 1. The normalized spacial score (nSPS) is 17.9. The highest BCUT2D eigenvalue weighted by atomic mass is 127. The predicted molar refractivity (Wildman–Crippen MR) is 128 cm³/mol. The zero-order valence-electron chi connectivity index (χ0n) is 18.0. The van der Waals surface area contributed by atoms with Gasteiger partial charge in [0.2, 0.25) is 0 Å². The van der Waals surface area contributed by atoms with Crippen molar-refractivity contribution in [2.75, 3.05) is 47.9 Å². The molecule has 0 bridgehead atoms. The smallest absolute Gasteiger partial charge is 0.193 e. The summed E-state index contributed by atoms with van der Waals surface area (Å²) in [6, 6.07) is 8.53. The Morgan fingerprint density at radius 1 is 1.34 bits per heavy atom. The van der Waals surface area contributed by atoms with Crippen LogP contribution in [0.5, 0.6) is 5.75 Å². The Hall–Kier alpha value is -1.81. The fourth-order valence-corrected chi connectivity index (χ4v) is 3.82. The van der Waals surface area contributed by atoms with Crippen LogP contribution in [0.1, 0.15) is 29.5 Å². The number of nitrogens with one attached hydrogen (secondary N) is 1. The number of guanidine groups is 1. The molecule has 1 aliphatic rings. The van der Waals surface area contributed by atoms with Crippen molar-refractivity contribution in [3.05, 3.63) is 47.8 Å². The molecule has 7 nitrogen and oxygen atoms in total. The molecule has 0 amide bonds. The number of hydrogen-bond donors (Lipinski definition) is 1. The average molecular weight is 512 g/mol. The van der Waals surface area contributed by atoms with Gasteiger partial charge in [0.15, 0.2) is 5.96 Å². The van der Waals surface area contributed by atoms with E-state index in [4.69, 9.17) is 4.74 Å². The molecule has 29 heavy (non-hydrogen) atoms. The van der Waals surface area contributed by atoms with E-state index in [0.717, 1.165) is 37.8 Å². The molecule has 1 saturated heterocycles. The van der Waals surface area contributed by atoms with Crippen LogP contribution in [0.25, 0.3) is 0 Å². The Kier molecular flexibility index (Phi) is 8.76. The highest BCUT2D eigenvalue weighted by Crippen LogP contribution is 2.27. The van der Waals surface area contributed by atoms with E-state index in [2.05, 4.69) is 57.6 Å². The minimum Gasteiger partial charge on any atom is -0.497 e. The number of aromatic nitrogens is 2. The van der Waals surface area contributed by atoms with Crippen molar-refractivity contribution in [2.24, 2.45) is 12.0 Å². The molecule has 2 unspecified atom stereocenters. The van der Waals surface area contributed by atoms with Crippen LogP contribution >= 0.6 is 24.0 Å². The number of ether oxygens (including phenoxy) is 1. The maximum absolute atomic E-state index is 5.28. The first-order valence-corrected chi connectivity index (χ1v) is 9.76. The highest BCUT2D eigenvalue weighted by Gasteiger charge is 2.27. The molecule has 0 radical (unpaired) electrons. The lowest BCUT2D eigenvalue weighted by Gasteiger charge is -2.28. The fraction of sp³-hybridized carbons (Fsp3) is 0.524. The maximum Gasteiger partial charge on any atom is 0.193 e. The van der Waals surface area contributed by atoms with Crippen LogP contribution in [-0.2, 0) is 7.05 Å². The summed E-state index contributed by atoms with van der Waals surface area (Å²) in [5.41, 5.74) is 2.56. The Bertz CT molecular complexity index is 789. The zero-order valence-corrected chi connectivity index (χ0v) is 20.3. The molecule has 1 aliphatic heterocycles. The standard InChI is InChI=1S/C21H32N6O.HI/c1-22-21(27-11-10-17(15-27)18-12-24-26(4)14-18)23-13-20(25(2)3)16-6-8-19(28-5)9-7-16;/h6-9,12,14,17,20H,10-11,13,15H2,1-5H3,(H,22,23);1H. The zero-order chi connectivity index (χ0) is 20.1. The van der Waals surface area contributed by atoms with Crippen LogP contribution in [0.2, 0.25) is 0 Å². The molecule has 2 atom stereocenters. The molecule has 0 saturated carbocycles. The second kappa shape index (κ2) is 10.8. The fourth-order valence-electron chi connectivity index (χ4n) is 3.82. The van der Waals surface area contributed by atoms with Crippen molar-refractivity contribution in [2.45, 2.75) is 18.4 Å². The van der Waals surface area contributed by atoms with Gasteiger partial charge in [0, 0.05) is 45.8 Å². The molecular formula is C21H33IN6O. The van der Waals surface area contributed by atoms with Gasteiger partial charge in [-0.15, -0.1) is 24.0 Å². The summed E-state index contributed by atoms with van der Waals surface area (Å²) < 4.78 is 7.16. The first-order valence-electron chi connectivity index (χ1n) is 9.76. The first-order chi connectivity index (χ1) is 13.5. The Morgan fingerprint density at radius 2 is 2.07 bits per heavy atom. The van der Waals surface area contributed by atoms with E-state index in [1.54, 1.807) is 7.11 Å². The molecule has 2 aromatic rings. The van der Waals surface area contributed by atoms with Crippen molar-refractivity contribution in [3.63, 3.8) is 0 Å². The van der Waals surface area contributed by atoms with Crippen LogP contribution in [0.3, 0.4) is 0 Å². The van der Waals surface area contributed by atoms with E-state index >= 15 is 0 Å². The van der Waals surface area contributed by atoms with Crippen molar-refractivity contribution in [1.29, 1.82) is 0 Å². The van der Waals surface area contributed by atoms with Crippen molar-refractivity contribution in [3.8, 4) is 5.75 Å². The summed E-state index contributed by atoms with van der Waals surface area (Å²) in [6.45, 7) is 2.77. The van der Waals surface area contributed by atoms with Gasteiger partial charge in [-0.3, -0.25) is 9.67 Å². The van der Waals surface area contributed by atoms with E-state index in [1.807, 2.05) is 37.1 Å². The molecule has 8 heteroatoms. The number of aryl methyl sites for hydroxylation is 1. The average Bonchev–Trinajstić information content (AvgIpc) is 3.34. The van der Waals surface area contributed by atoms with E-state index in [9.17, 15) is 0 Å². The Balaban J connectivity index is 0.00000300. The Labute approximate surface area is 191 Å². The number of nitrogens with zero attached hydrogens (tertiary/aromatic N) is 5. The molecule has 0 aliphatic carbocycles. The molecule has 160 valence electrons. The molecular weight excluding hydrogens is 479 g/mol. The van der Waals surface area contributed by atoms with Crippen LogP contribution in [0.15, 0.2) is 41.7 Å². The molecule has 0 spiro atoms. The number of likely N-dealkylation sites (tertiary alicyclic amines) is 1. The van der Waals surface area contributed by atoms with Crippen LogP contribution < -0.4 is 10.1 Å². The van der Waals surface area contributed by atoms with Crippen molar-refractivity contribution >= 4 is 29.9 Å². The van der Waals surface area contributed by atoms with Gasteiger partial charge in [0.1, 0.15) is 5.75 Å². The second-order valence-electron chi connectivity index (χ2n) is 7.56. The third kappa shape index (κ3) is 5.85. The molecule has 1 aromatic heterocycles. The van der Waals surface area contributed by atoms with Gasteiger partial charge >= 0.3 is 0 Å². The van der Waals surface area contributed by atoms with Gasteiger partial charge < -0.3 is 19.9 Å². The molecule has 1 fully saturated rings. The summed E-state index contributed by atoms with van der Waals surface area (Å²) in [4.78, 5) is 9.10. The number of methoxy groups -OCH3 is 1. The largest absolute Gasteiger partial charge is 0.497 e. The summed E-state index contributed by atoms with van der Waals surface area (Å²) in [6.07, 6.45) is 5.23. The number of rotatable bonds is 6. The monoisotopic (exact) mass is 512 g/mol. The van der Waals surface area contributed by atoms with Crippen molar-refractivity contribution < 1.29 is 4.74 Å². The van der Waals surface area contributed by atoms with Gasteiger partial charge in [-0.2, -0.15) is 5.10 Å². The minimum atomic E-state index is 0. The molecule has 1 N–H and O–H groups in total. The second-order valence-corrected chi connectivity index (χ2v) is 7.56. The van der Waals surface area contributed by atoms with Gasteiger partial charge in [-0.1, -0.05) is 12.1 Å². The van der Waals surface area contributed by atoms with Gasteiger partial charge in [-0.05, 0) is 43.8 Å². The van der Waals surface area contributed by atoms with Crippen LogP contribution in [0, 0.1) is 0 Å². The van der Waals surface area contributed by atoms with E-state index in [0.29, 0.717) is 5.92 Å². The first kappa shape index (κ1) is 23.5. The van der Waals surface area contributed by atoms with Crippen LogP contribution in [-0.4, -0.2) is 73.4 Å². The van der Waals surface area contributed by atoms with E-state index in [-0.39, 0.29) is 30.0 Å². The number of halogens is 1. The Morgan fingerprint density at radius 3 is 2.62 bits per heavy atom. The topological polar surface area (TPSA) is 57.9 Å². The number of aliphatic imine (C=N–C) groups is 1. The lowest BCUT2D eigenvalue weighted by Crippen LogP contribution is -2.43. The molecule has 2 heterocycles. The third-order valence-corrected chi connectivity index (χ3v) is 5.47. The summed E-state index contributed by atoms with van der Waals surface area (Å²) >= 11 is 0. The van der Waals surface area contributed by atoms with E-state index in [1.165, 1.54) is 11.1 Å². The van der Waals surface area contributed by atoms with Gasteiger partial charge in [0.25, 0.3) is 0 Å². The van der Waals surface area contributed by atoms with Crippen molar-refractivity contribution in [1.82, 2.24) is 24.9 Å². The molecule has 1 aromatic carbocycles. The molecule has 3 rings (SSSR count). The lowest BCUT2D eigenvalue weighted by atomic mass is 10.0. The summed E-state index contributed by atoms with van der Waals surface area (Å²) in [7, 11) is 9.73. The SMILES string of the molecule is CN=C(NCC(c1ccc(OC)cc1)N(C)C)N1CCC(c2cnn(C)c2)C1.I. The third-order valence-electron chi connectivity index (χ3n) is 5.47. The quantitative estimate of drug-likeness (QED) is 0.367. The predicted octanol–water partition coefficient (Wildman–Crippen LogP) is 2.71. The summed E-state index contributed by atoms with van der Waals surface area (Å²) in [5, 5.41) is 7.89. The van der Waals surface area contributed by atoms with Gasteiger partial charge in [0.05, 0.1) is 19.3 Å². The number of hydrogen-bond acceptors (Lipinski definition) is 4. The van der Waals surface area contributed by atoms with E-state index < -0.39 is 0 Å². The highest BCUT2D eigenvalue weighted by molar-refractivity contribution is 14.0. The lowest BCUT2D eigenvalue weighted by molar-refractivity contribution is 0.295. The van der Waals surface area contributed by atoms with Gasteiger partial charge in [-0.25, -0.2) is 0 Å². The maximum atomic E-state index is 5.28. The van der Waals surface area contributed by atoms with Crippen LogP contribution in [0.4, 0.5) is 0 Å². The minimum absolute atomic E-state index is 0.